The third-order valence-electron chi connectivity index (χ3n) is 3.94. The maximum atomic E-state index is 12.4. The second kappa shape index (κ2) is 10.7. The van der Waals surface area contributed by atoms with Crippen molar-refractivity contribution < 1.29 is 9.59 Å². The lowest BCUT2D eigenvalue weighted by Gasteiger charge is -2.22. The summed E-state index contributed by atoms with van der Waals surface area (Å²) in [5, 5.41) is 3.15. The number of hydrogen-bond acceptors (Lipinski definition) is 3. The van der Waals surface area contributed by atoms with Crippen molar-refractivity contribution in [2.24, 2.45) is 0 Å². The monoisotopic (exact) mass is 333 g/mol. The summed E-state index contributed by atoms with van der Waals surface area (Å²) in [7, 11) is 0. The van der Waals surface area contributed by atoms with Crippen molar-refractivity contribution >= 4 is 17.5 Å². The molecule has 0 heterocycles. The Balaban J connectivity index is 2.70. The second-order valence-corrected chi connectivity index (χ2v) is 5.79. The molecular formula is C19H31N3O2. The quantitative estimate of drug-likeness (QED) is 0.715. The topological polar surface area (TPSA) is 52.7 Å². The summed E-state index contributed by atoms with van der Waals surface area (Å²) < 4.78 is 0. The van der Waals surface area contributed by atoms with Gasteiger partial charge in [-0.25, -0.2) is 0 Å². The molecular weight excluding hydrogens is 302 g/mol. The Morgan fingerprint density at radius 2 is 1.58 bits per heavy atom. The second-order valence-electron chi connectivity index (χ2n) is 5.79. The zero-order chi connectivity index (χ0) is 17.9. The van der Waals surface area contributed by atoms with Gasteiger partial charge in [0, 0.05) is 37.4 Å². The Kier molecular flexibility index (Phi) is 8.90. The first-order chi connectivity index (χ1) is 11.6. The van der Waals surface area contributed by atoms with Crippen molar-refractivity contribution in [3.8, 4) is 0 Å². The summed E-state index contributed by atoms with van der Waals surface area (Å²) >= 11 is 0. The summed E-state index contributed by atoms with van der Waals surface area (Å²) in [4.78, 5) is 28.4. The minimum Gasteiger partial charge on any atom is -0.376 e. The summed E-state index contributed by atoms with van der Waals surface area (Å²) in [5.41, 5.74) is 1.45. The van der Waals surface area contributed by atoms with E-state index in [0.717, 1.165) is 31.6 Å². The molecule has 0 aromatic heterocycles. The normalized spacial score (nSPS) is 10.3. The maximum Gasteiger partial charge on any atom is 0.253 e. The SMILES string of the molecule is CCCN(CCC)C(=O)CNc1cccc(C(=O)N(CC)CC)c1. The van der Waals surface area contributed by atoms with Crippen LogP contribution in [0.25, 0.3) is 0 Å². The Hall–Kier alpha value is -2.04. The molecule has 0 aliphatic carbocycles. The van der Waals surface area contributed by atoms with Crippen LogP contribution in [0, 0.1) is 0 Å². The zero-order valence-electron chi connectivity index (χ0n) is 15.5. The van der Waals surface area contributed by atoms with E-state index >= 15 is 0 Å². The van der Waals surface area contributed by atoms with Gasteiger partial charge in [0.05, 0.1) is 6.54 Å². The zero-order valence-corrected chi connectivity index (χ0v) is 15.5. The summed E-state index contributed by atoms with van der Waals surface area (Å²) in [6.45, 7) is 11.3. The van der Waals surface area contributed by atoms with E-state index in [4.69, 9.17) is 0 Å². The Labute approximate surface area is 146 Å². The number of carbonyl (C=O) groups is 2. The average Bonchev–Trinajstić information content (AvgIpc) is 2.60. The van der Waals surface area contributed by atoms with Crippen molar-refractivity contribution in [3.05, 3.63) is 29.8 Å². The highest BCUT2D eigenvalue weighted by molar-refractivity contribution is 5.95. The standard InChI is InChI=1S/C19H31N3O2/c1-5-12-22(13-6-2)18(23)15-20-17-11-9-10-16(14-17)19(24)21(7-3)8-4/h9-11,14,20H,5-8,12-13,15H2,1-4H3. The van der Waals surface area contributed by atoms with E-state index in [2.05, 4.69) is 19.2 Å². The van der Waals surface area contributed by atoms with E-state index in [-0.39, 0.29) is 18.4 Å². The average molecular weight is 333 g/mol. The first-order valence-electron chi connectivity index (χ1n) is 8.98. The lowest BCUT2D eigenvalue weighted by molar-refractivity contribution is -0.129. The smallest absolute Gasteiger partial charge is 0.253 e. The third-order valence-corrected chi connectivity index (χ3v) is 3.94. The number of nitrogens with one attached hydrogen (secondary N) is 1. The number of carbonyl (C=O) groups excluding carboxylic acids is 2. The van der Waals surface area contributed by atoms with Crippen LogP contribution in [-0.2, 0) is 4.79 Å². The van der Waals surface area contributed by atoms with Crippen molar-refractivity contribution in [2.75, 3.05) is 38.0 Å². The Bertz CT molecular complexity index is 521. The molecule has 0 aliphatic rings. The number of anilines is 1. The van der Waals surface area contributed by atoms with Crippen LogP contribution in [0.15, 0.2) is 24.3 Å². The van der Waals surface area contributed by atoms with Crippen molar-refractivity contribution in [3.63, 3.8) is 0 Å². The first-order valence-corrected chi connectivity index (χ1v) is 8.98. The van der Waals surface area contributed by atoms with Crippen LogP contribution in [0.4, 0.5) is 5.69 Å². The van der Waals surface area contributed by atoms with Crippen molar-refractivity contribution in [1.82, 2.24) is 9.80 Å². The van der Waals surface area contributed by atoms with Gasteiger partial charge in [-0.1, -0.05) is 19.9 Å². The molecule has 0 aliphatic heterocycles. The van der Waals surface area contributed by atoms with E-state index in [1.807, 2.05) is 43.0 Å². The van der Waals surface area contributed by atoms with Gasteiger partial charge in [0.15, 0.2) is 0 Å². The maximum absolute atomic E-state index is 12.4. The number of rotatable bonds is 10. The number of benzene rings is 1. The molecule has 0 bridgehead atoms. The number of hydrogen-bond donors (Lipinski definition) is 1. The molecule has 0 atom stereocenters. The van der Waals surface area contributed by atoms with Gasteiger partial charge >= 0.3 is 0 Å². The fraction of sp³-hybridized carbons (Fsp3) is 0.579. The molecule has 1 N–H and O–H groups in total. The van der Waals surface area contributed by atoms with Crippen molar-refractivity contribution in [2.45, 2.75) is 40.5 Å². The van der Waals surface area contributed by atoms with Gasteiger partial charge in [0.2, 0.25) is 5.91 Å². The lowest BCUT2D eigenvalue weighted by Crippen LogP contribution is -2.36. The van der Waals surface area contributed by atoms with Crippen LogP contribution in [0.1, 0.15) is 50.9 Å². The van der Waals surface area contributed by atoms with Gasteiger partial charge in [-0.3, -0.25) is 9.59 Å². The molecule has 0 saturated carbocycles. The van der Waals surface area contributed by atoms with Crippen LogP contribution in [0.5, 0.6) is 0 Å². The highest BCUT2D eigenvalue weighted by atomic mass is 16.2. The molecule has 1 aromatic carbocycles. The minimum absolute atomic E-state index is 0.0218. The molecule has 5 heteroatoms. The number of nitrogens with zero attached hydrogens (tertiary/aromatic N) is 2. The molecule has 0 fully saturated rings. The van der Waals surface area contributed by atoms with Gasteiger partial charge in [0.1, 0.15) is 0 Å². The fourth-order valence-electron chi connectivity index (χ4n) is 2.65. The predicted octanol–water partition coefficient (Wildman–Crippen LogP) is 3.23. The molecule has 1 rings (SSSR count). The lowest BCUT2D eigenvalue weighted by atomic mass is 10.1. The Morgan fingerprint density at radius 3 is 2.12 bits per heavy atom. The molecule has 5 nitrogen and oxygen atoms in total. The number of amides is 2. The molecule has 0 unspecified atom stereocenters. The molecule has 0 spiro atoms. The highest BCUT2D eigenvalue weighted by Gasteiger charge is 2.14. The van der Waals surface area contributed by atoms with Crippen LogP contribution >= 0.6 is 0 Å². The fourth-order valence-corrected chi connectivity index (χ4v) is 2.65. The third kappa shape index (κ3) is 5.87. The minimum atomic E-state index is 0.0218. The predicted molar refractivity (Wildman–Crippen MR) is 99.3 cm³/mol. The summed E-state index contributed by atoms with van der Waals surface area (Å²) in [5.74, 6) is 0.118. The molecule has 24 heavy (non-hydrogen) atoms. The summed E-state index contributed by atoms with van der Waals surface area (Å²) in [6.07, 6.45) is 1.92. The van der Waals surface area contributed by atoms with Crippen LogP contribution in [-0.4, -0.2) is 54.3 Å². The molecule has 0 radical (unpaired) electrons. The van der Waals surface area contributed by atoms with E-state index < -0.39 is 0 Å². The molecule has 134 valence electrons. The van der Waals surface area contributed by atoms with Gasteiger partial charge < -0.3 is 15.1 Å². The summed E-state index contributed by atoms with van der Waals surface area (Å²) in [6, 6.07) is 7.36. The highest BCUT2D eigenvalue weighted by Crippen LogP contribution is 2.13. The van der Waals surface area contributed by atoms with Crippen LogP contribution < -0.4 is 5.32 Å². The van der Waals surface area contributed by atoms with Crippen molar-refractivity contribution in [1.29, 1.82) is 0 Å². The van der Waals surface area contributed by atoms with Gasteiger partial charge in [-0.15, -0.1) is 0 Å². The Morgan fingerprint density at radius 1 is 0.958 bits per heavy atom. The largest absolute Gasteiger partial charge is 0.376 e. The van der Waals surface area contributed by atoms with Gasteiger partial charge in [-0.2, -0.15) is 0 Å². The molecule has 2 amide bonds. The first kappa shape index (κ1) is 20.0. The van der Waals surface area contributed by atoms with E-state index in [9.17, 15) is 9.59 Å². The molecule has 0 saturated heterocycles. The van der Waals surface area contributed by atoms with E-state index in [0.29, 0.717) is 18.7 Å². The molecule has 1 aromatic rings. The van der Waals surface area contributed by atoms with E-state index in [1.165, 1.54) is 0 Å². The van der Waals surface area contributed by atoms with Gasteiger partial charge in [0.25, 0.3) is 5.91 Å². The van der Waals surface area contributed by atoms with Crippen LogP contribution in [0.3, 0.4) is 0 Å². The van der Waals surface area contributed by atoms with E-state index in [1.54, 1.807) is 4.90 Å². The van der Waals surface area contributed by atoms with Gasteiger partial charge in [-0.05, 0) is 44.9 Å². The van der Waals surface area contributed by atoms with Crippen LogP contribution in [0.2, 0.25) is 0 Å².